The van der Waals surface area contributed by atoms with E-state index in [1.807, 2.05) is 24.3 Å². The monoisotopic (exact) mass is 187 g/mol. The number of benzene rings is 1. The van der Waals surface area contributed by atoms with Gasteiger partial charge in [0.2, 0.25) is 6.21 Å². The molecule has 1 heterocycles. The van der Waals surface area contributed by atoms with Crippen molar-refractivity contribution in [3.8, 4) is 0 Å². The Balaban J connectivity index is 2.57. The van der Waals surface area contributed by atoms with Crippen LogP contribution in [0.1, 0.15) is 5.69 Å². The van der Waals surface area contributed by atoms with Crippen LogP contribution in [-0.4, -0.2) is 28.0 Å². The van der Waals surface area contributed by atoms with Crippen LogP contribution in [0.2, 0.25) is 0 Å². The first-order valence-electron chi connectivity index (χ1n) is 4.22. The Hall–Kier alpha value is -1.97. The Morgan fingerprint density at radius 3 is 2.71 bits per heavy atom. The SMILES string of the molecule is C[N+]([O-])=Cc1cnc2ccccc2n1. The standard InChI is InChI=1S/C10H9N3O/c1-13(14)7-8-6-11-9-4-2-3-5-10(9)12-8/h2-7H,1H3. The molecule has 0 saturated heterocycles. The van der Waals surface area contributed by atoms with E-state index in [2.05, 4.69) is 9.97 Å². The van der Waals surface area contributed by atoms with E-state index in [-0.39, 0.29) is 0 Å². The van der Waals surface area contributed by atoms with E-state index in [0.717, 1.165) is 11.0 Å². The van der Waals surface area contributed by atoms with Gasteiger partial charge >= 0.3 is 0 Å². The molecule has 2 rings (SSSR count). The van der Waals surface area contributed by atoms with Crippen LogP contribution in [0, 0.1) is 5.21 Å². The van der Waals surface area contributed by atoms with Gasteiger partial charge in [0.05, 0.1) is 17.2 Å². The molecule has 4 nitrogen and oxygen atoms in total. The van der Waals surface area contributed by atoms with Gasteiger partial charge < -0.3 is 5.21 Å². The van der Waals surface area contributed by atoms with Crippen molar-refractivity contribution >= 4 is 17.2 Å². The molecule has 0 spiro atoms. The Bertz CT molecular complexity index is 489. The largest absolute Gasteiger partial charge is 0.624 e. The third kappa shape index (κ3) is 1.69. The number of para-hydroxylation sites is 2. The van der Waals surface area contributed by atoms with Gasteiger partial charge in [-0.3, -0.25) is 4.98 Å². The molecule has 0 saturated carbocycles. The lowest BCUT2D eigenvalue weighted by Crippen LogP contribution is -2.00. The topological polar surface area (TPSA) is 51.9 Å². The summed E-state index contributed by atoms with van der Waals surface area (Å²) in [6.07, 6.45) is 2.97. The van der Waals surface area contributed by atoms with Gasteiger partial charge in [0.1, 0.15) is 12.7 Å². The van der Waals surface area contributed by atoms with E-state index in [9.17, 15) is 5.21 Å². The maximum absolute atomic E-state index is 10.7. The van der Waals surface area contributed by atoms with E-state index in [1.165, 1.54) is 13.3 Å². The van der Waals surface area contributed by atoms with Crippen LogP contribution in [0.15, 0.2) is 30.5 Å². The average molecular weight is 187 g/mol. The summed E-state index contributed by atoms with van der Waals surface area (Å²) in [5, 5.41) is 10.7. The van der Waals surface area contributed by atoms with Crippen LogP contribution in [0.3, 0.4) is 0 Å². The molecule has 14 heavy (non-hydrogen) atoms. The lowest BCUT2D eigenvalue weighted by molar-refractivity contribution is -0.416. The number of rotatable bonds is 1. The molecule has 0 aliphatic heterocycles. The molecule has 0 atom stereocenters. The molecule has 0 N–H and O–H groups in total. The highest BCUT2D eigenvalue weighted by Gasteiger charge is 1.98. The number of fused-ring (bicyclic) bond motifs is 1. The van der Waals surface area contributed by atoms with Crippen LogP contribution in [-0.2, 0) is 0 Å². The third-order valence-electron chi connectivity index (χ3n) is 1.78. The fourth-order valence-electron chi connectivity index (χ4n) is 1.22. The molecule has 0 aliphatic carbocycles. The van der Waals surface area contributed by atoms with E-state index >= 15 is 0 Å². The van der Waals surface area contributed by atoms with Gasteiger partial charge in [-0.25, -0.2) is 9.72 Å². The fraction of sp³-hybridized carbons (Fsp3) is 0.100. The molecule has 70 valence electrons. The molecule has 0 unspecified atom stereocenters. The van der Waals surface area contributed by atoms with Crippen LogP contribution < -0.4 is 0 Å². The number of aromatic nitrogens is 2. The first kappa shape index (κ1) is 8.62. The van der Waals surface area contributed by atoms with Gasteiger partial charge in [-0.15, -0.1) is 0 Å². The summed E-state index contributed by atoms with van der Waals surface area (Å²) in [6.45, 7) is 0. The van der Waals surface area contributed by atoms with Crippen molar-refractivity contribution in [2.75, 3.05) is 7.05 Å². The summed E-state index contributed by atoms with van der Waals surface area (Å²) in [7, 11) is 1.41. The molecular formula is C10H9N3O. The number of hydrogen-bond donors (Lipinski definition) is 0. The zero-order valence-corrected chi connectivity index (χ0v) is 7.71. The minimum atomic E-state index is 0.571. The van der Waals surface area contributed by atoms with Crippen molar-refractivity contribution < 1.29 is 4.74 Å². The minimum absolute atomic E-state index is 0.571. The van der Waals surface area contributed by atoms with Crippen molar-refractivity contribution in [2.45, 2.75) is 0 Å². The van der Waals surface area contributed by atoms with Gasteiger partial charge in [-0.1, -0.05) is 12.1 Å². The van der Waals surface area contributed by atoms with E-state index in [4.69, 9.17) is 0 Å². The zero-order chi connectivity index (χ0) is 9.97. The summed E-state index contributed by atoms with van der Waals surface area (Å²) < 4.78 is 0.707. The number of nitrogens with zero attached hydrogens (tertiary/aromatic N) is 3. The lowest BCUT2D eigenvalue weighted by atomic mass is 10.3. The van der Waals surface area contributed by atoms with Crippen molar-refractivity contribution in [1.82, 2.24) is 9.97 Å². The first-order chi connectivity index (χ1) is 6.75. The molecule has 4 heteroatoms. The normalized spacial score (nSPS) is 11.9. The Labute approximate surface area is 81.1 Å². The van der Waals surface area contributed by atoms with Crippen LogP contribution in [0.5, 0.6) is 0 Å². The molecular weight excluding hydrogens is 178 g/mol. The Morgan fingerprint density at radius 1 is 1.29 bits per heavy atom. The predicted molar refractivity (Wildman–Crippen MR) is 54.3 cm³/mol. The maximum atomic E-state index is 10.7. The molecule has 0 aliphatic rings. The van der Waals surface area contributed by atoms with E-state index < -0.39 is 0 Å². The second kappa shape index (κ2) is 3.41. The van der Waals surface area contributed by atoms with Crippen molar-refractivity contribution in [3.05, 3.63) is 41.4 Å². The summed E-state index contributed by atoms with van der Waals surface area (Å²) in [6, 6.07) is 7.54. The van der Waals surface area contributed by atoms with Gasteiger partial charge in [-0.2, -0.15) is 0 Å². The van der Waals surface area contributed by atoms with Gasteiger partial charge in [0.15, 0.2) is 0 Å². The van der Waals surface area contributed by atoms with Gasteiger partial charge in [0.25, 0.3) is 0 Å². The van der Waals surface area contributed by atoms with Crippen LogP contribution >= 0.6 is 0 Å². The smallest absolute Gasteiger partial charge is 0.201 e. The fourth-order valence-corrected chi connectivity index (χ4v) is 1.22. The van der Waals surface area contributed by atoms with Crippen molar-refractivity contribution in [3.63, 3.8) is 0 Å². The highest BCUT2D eigenvalue weighted by Crippen LogP contribution is 2.06. The quantitative estimate of drug-likeness (QED) is 0.291. The second-order valence-corrected chi connectivity index (χ2v) is 2.96. The second-order valence-electron chi connectivity index (χ2n) is 2.96. The highest BCUT2D eigenvalue weighted by atomic mass is 16.5. The molecule has 0 radical (unpaired) electrons. The summed E-state index contributed by atoms with van der Waals surface area (Å²) >= 11 is 0. The summed E-state index contributed by atoms with van der Waals surface area (Å²) in [5.41, 5.74) is 2.20. The number of hydroxylamine groups is 1. The summed E-state index contributed by atoms with van der Waals surface area (Å²) in [5.74, 6) is 0. The maximum Gasteiger partial charge on any atom is 0.201 e. The van der Waals surface area contributed by atoms with Crippen molar-refractivity contribution in [1.29, 1.82) is 0 Å². The van der Waals surface area contributed by atoms with Crippen LogP contribution in [0.4, 0.5) is 0 Å². The molecule has 1 aromatic carbocycles. The summed E-state index contributed by atoms with van der Waals surface area (Å²) in [4.78, 5) is 8.43. The molecule has 0 amide bonds. The first-order valence-corrected chi connectivity index (χ1v) is 4.22. The molecule has 2 aromatic rings. The van der Waals surface area contributed by atoms with E-state index in [0.29, 0.717) is 10.4 Å². The van der Waals surface area contributed by atoms with Gasteiger partial charge in [0, 0.05) is 0 Å². The van der Waals surface area contributed by atoms with E-state index in [1.54, 1.807) is 6.20 Å². The van der Waals surface area contributed by atoms with Crippen LogP contribution in [0.25, 0.3) is 11.0 Å². The Morgan fingerprint density at radius 2 is 2.00 bits per heavy atom. The van der Waals surface area contributed by atoms with Gasteiger partial charge in [-0.05, 0) is 12.1 Å². The Kier molecular flexibility index (Phi) is 2.10. The molecule has 1 aromatic heterocycles. The van der Waals surface area contributed by atoms with Crippen molar-refractivity contribution in [2.24, 2.45) is 0 Å². The molecule has 0 fully saturated rings. The predicted octanol–water partition coefficient (Wildman–Crippen LogP) is 1.19. The minimum Gasteiger partial charge on any atom is -0.624 e. The zero-order valence-electron chi connectivity index (χ0n) is 7.71. The average Bonchev–Trinajstić information content (AvgIpc) is 2.17. The lowest BCUT2D eigenvalue weighted by Gasteiger charge is -1.97. The highest BCUT2D eigenvalue weighted by molar-refractivity contribution is 5.79. The number of hydrogen-bond acceptors (Lipinski definition) is 3. The molecule has 0 bridgehead atoms. The third-order valence-corrected chi connectivity index (χ3v) is 1.78.